The van der Waals surface area contributed by atoms with E-state index in [1.165, 1.54) is 43.8 Å². The Balaban J connectivity index is 1.13. The molecule has 0 amide bonds. The monoisotopic (exact) mass is 663 g/mol. The van der Waals surface area contributed by atoms with Crippen LogP contribution in [0.4, 0.5) is 17.1 Å². The van der Waals surface area contributed by atoms with Crippen LogP contribution in [0.15, 0.2) is 205 Å². The van der Waals surface area contributed by atoms with Crippen LogP contribution in [0.5, 0.6) is 0 Å². The van der Waals surface area contributed by atoms with Crippen molar-refractivity contribution in [2.45, 2.75) is 0 Å². The molecule has 1 aromatic heterocycles. The number of anilines is 3. The van der Waals surface area contributed by atoms with E-state index >= 15 is 0 Å². The van der Waals surface area contributed by atoms with Gasteiger partial charge in [-0.05, 0) is 80.2 Å². The minimum atomic E-state index is 0.907. The van der Waals surface area contributed by atoms with Crippen LogP contribution in [0.3, 0.4) is 0 Å². The molecule has 2 heteroatoms. The summed E-state index contributed by atoms with van der Waals surface area (Å²) < 4.78 is 6.42. The zero-order valence-corrected chi connectivity index (χ0v) is 28.4. The number of para-hydroxylation sites is 3. The average Bonchev–Trinajstić information content (AvgIpc) is 3.60. The summed E-state index contributed by atoms with van der Waals surface area (Å²) in [6.07, 6.45) is 0. The van der Waals surface area contributed by atoms with Crippen molar-refractivity contribution >= 4 is 60.5 Å². The Morgan fingerprint density at radius 2 is 0.769 bits per heavy atom. The maximum Gasteiger partial charge on any atom is 0.143 e. The van der Waals surface area contributed by atoms with Gasteiger partial charge in [0.05, 0.1) is 5.69 Å². The van der Waals surface area contributed by atoms with Gasteiger partial charge in [0.1, 0.15) is 11.2 Å². The van der Waals surface area contributed by atoms with E-state index in [1.807, 2.05) is 12.1 Å². The molecule has 0 atom stereocenters. The summed E-state index contributed by atoms with van der Waals surface area (Å²) in [4.78, 5) is 2.38. The number of nitrogens with zero attached hydrogens (tertiary/aromatic N) is 1. The Bertz CT molecular complexity index is 2890. The maximum absolute atomic E-state index is 6.42. The molecule has 0 unspecified atom stereocenters. The molecule has 1 heterocycles. The number of benzene rings is 9. The summed E-state index contributed by atoms with van der Waals surface area (Å²) in [7, 11) is 0. The predicted molar refractivity (Wildman–Crippen MR) is 220 cm³/mol. The third-order valence-corrected chi connectivity index (χ3v) is 10.3. The second kappa shape index (κ2) is 12.5. The van der Waals surface area contributed by atoms with Crippen molar-refractivity contribution in [1.29, 1.82) is 0 Å². The number of hydrogen-bond donors (Lipinski definition) is 0. The lowest BCUT2D eigenvalue weighted by molar-refractivity contribution is 0.670. The molecule has 0 aliphatic carbocycles. The van der Waals surface area contributed by atoms with Crippen LogP contribution in [-0.4, -0.2) is 0 Å². The van der Waals surface area contributed by atoms with Crippen molar-refractivity contribution < 1.29 is 4.42 Å². The highest BCUT2D eigenvalue weighted by atomic mass is 16.3. The van der Waals surface area contributed by atoms with Crippen molar-refractivity contribution in [1.82, 2.24) is 0 Å². The summed E-state index contributed by atoms with van der Waals surface area (Å²) >= 11 is 0. The molecular weight excluding hydrogens is 631 g/mol. The number of fused-ring (bicyclic) bond motifs is 5. The lowest BCUT2D eigenvalue weighted by atomic mass is 9.95. The summed E-state index contributed by atoms with van der Waals surface area (Å²) in [5.74, 6) is 0. The van der Waals surface area contributed by atoms with E-state index in [4.69, 9.17) is 4.42 Å². The SMILES string of the molecule is c1ccc(N(c2ccc(-c3cccc4ccccc34)cc2)c2ccc(-c3cccc4c3oc3ccccc34)cc2)c(-c2cccc3ccccc23)c1. The topological polar surface area (TPSA) is 16.4 Å². The van der Waals surface area contributed by atoms with Gasteiger partial charge in [-0.3, -0.25) is 0 Å². The summed E-state index contributed by atoms with van der Waals surface area (Å²) in [6, 6.07) is 71.7. The zero-order chi connectivity index (χ0) is 34.4. The lowest BCUT2D eigenvalue weighted by Gasteiger charge is -2.28. The molecule has 10 aromatic rings. The fraction of sp³-hybridized carbons (Fsp3) is 0. The number of furan rings is 1. The minimum Gasteiger partial charge on any atom is -0.455 e. The fourth-order valence-corrected chi connectivity index (χ4v) is 7.82. The van der Waals surface area contributed by atoms with E-state index in [9.17, 15) is 0 Å². The van der Waals surface area contributed by atoms with Crippen molar-refractivity contribution in [3.8, 4) is 33.4 Å². The molecule has 2 nitrogen and oxygen atoms in total. The number of hydrogen-bond acceptors (Lipinski definition) is 2. The molecule has 10 rings (SSSR count). The Hall–Kier alpha value is -6.90. The van der Waals surface area contributed by atoms with Gasteiger partial charge < -0.3 is 9.32 Å². The Morgan fingerprint density at radius 3 is 1.48 bits per heavy atom. The van der Waals surface area contributed by atoms with Crippen molar-refractivity contribution in [3.05, 3.63) is 200 Å². The second-order valence-corrected chi connectivity index (χ2v) is 13.3. The van der Waals surface area contributed by atoms with Gasteiger partial charge in [-0.25, -0.2) is 0 Å². The molecule has 0 aliphatic heterocycles. The zero-order valence-electron chi connectivity index (χ0n) is 28.4. The Kier molecular flexibility index (Phi) is 7.18. The predicted octanol–water partition coefficient (Wildman–Crippen LogP) is 14.4. The van der Waals surface area contributed by atoms with Gasteiger partial charge in [-0.2, -0.15) is 0 Å². The normalized spacial score (nSPS) is 11.5. The molecule has 0 spiro atoms. The lowest BCUT2D eigenvalue weighted by Crippen LogP contribution is -2.11. The van der Waals surface area contributed by atoms with Gasteiger partial charge in [0.2, 0.25) is 0 Å². The largest absolute Gasteiger partial charge is 0.455 e. The summed E-state index contributed by atoms with van der Waals surface area (Å²) in [5, 5.41) is 7.23. The molecule has 0 bridgehead atoms. The highest BCUT2D eigenvalue weighted by Crippen LogP contribution is 2.44. The molecule has 9 aromatic carbocycles. The Labute approximate surface area is 302 Å². The van der Waals surface area contributed by atoms with Gasteiger partial charge in [-0.1, -0.05) is 164 Å². The number of rotatable bonds is 6. The molecule has 0 saturated carbocycles. The fourth-order valence-electron chi connectivity index (χ4n) is 7.82. The third-order valence-electron chi connectivity index (χ3n) is 10.3. The second-order valence-electron chi connectivity index (χ2n) is 13.3. The van der Waals surface area contributed by atoms with Crippen molar-refractivity contribution in [2.75, 3.05) is 4.90 Å². The van der Waals surface area contributed by atoms with E-state index < -0.39 is 0 Å². The highest BCUT2D eigenvalue weighted by Gasteiger charge is 2.19. The molecule has 0 radical (unpaired) electrons. The third kappa shape index (κ3) is 5.04. The molecular formula is C50H33NO. The van der Waals surface area contributed by atoms with Crippen LogP contribution in [0.2, 0.25) is 0 Å². The summed E-state index contributed by atoms with van der Waals surface area (Å²) in [5.41, 5.74) is 12.1. The van der Waals surface area contributed by atoms with Crippen LogP contribution < -0.4 is 4.90 Å². The van der Waals surface area contributed by atoms with E-state index in [1.54, 1.807) is 0 Å². The first kappa shape index (κ1) is 30.0. The molecule has 244 valence electrons. The molecule has 0 aliphatic rings. The smallest absolute Gasteiger partial charge is 0.143 e. The van der Waals surface area contributed by atoms with Gasteiger partial charge in [0.15, 0.2) is 0 Å². The average molecular weight is 664 g/mol. The molecule has 52 heavy (non-hydrogen) atoms. The van der Waals surface area contributed by atoms with Gasteiger partial charge in [0, 0.05) is 33.3 Å². The van der Waals surface area contributed by atoms with E-state index in [2.05, 4.69) is 193 Å². The first-order valence-electron chi connectivity index (χ1n) is 17.8. The van der Waals surface area contributed by atoms with E-state index in [-0.39, 0.29) is 0 Å². The first-order chi connectivity index (χ1) is 25.8. The maximum atomic E-state index is 6.42. The Morgan fingerprint density at radius 1 is 0.308 bits per heavy atom. The molecule has 0 fully saturated rings. The van der Waals surface area contributed by atoms with Crippen LogP contribution in [0, 0.1) is 0 Å². The van der Waals surface area contributed by atoms with E-state index in [0.29, 0.717) is 0 Å². The van der Waals surface area contributed by atoms with Crippen LogP contribution >= 0.6 is 0 Å². The highest BCUT2D eigenvalue weighted by molar-refractivity contribution is 6.09. The summed E-state index contributed by atoms with van der Waals surface area (Å²) in [6.45, 7) is 0. The minimum absolute atomic E-state index is 0.907. The van der Waals surface area contributed by atoms with Gasteiger partial charge in [0.25, 0.3) is 0 Å². The first-order valence-corrected chi connectivity index (χ1v) is 17.8. The van der Waals surface area contributed by atoms with Crippen LogP contribution in [0.25, 0.3) is 76.9 Å². The molecule has 0 saturated heterocycles. The van der Waals surface area contributed by atoms with Crippen LogP contribution in [0.1, 0.15) is 0 Å². The van der Waals surface area contributed by atoms with Gasteiger partial charge in [-0.15, -0.1) is 0 Å². The van der Waals surface area contributed by atoms with Crippen molar-refractivity contribution in [2.24, 2.45) is 0 Å². The van der Waals surface area contributed by atoms with Crippen molar-refractivity contribution in [3.63, 3.8) is 0 Å². The quantitative estimate of drug-likeness (QED) is 0.176. The van der Waals surface area contributed by atoms with Crippen LogP contribution in [-0.2, 0) is 0 Å². The standard InChI is InChI=1S/C50H33NO/c1-3-16-40-34(12-1)14-9-20-41(40)36-26-30-38(31-27-36)51(48-24-7-5-18-45(48)44-22-10-15-35-13-2-4-17-42(35)44)39-32-28-37(29-33-39)43-21-11-23-47-46-19-6-8-25-49(46)52-50(43)47/h1-33H. The van der Waals surface area contributed by atoms with Gasteiger partial charge >= 0.3 is 0 Å². The van der Waals surface area contributed by atoms with E-state index in [0.717, 1.165) is 50.1 Å². The molecule has 0 N–H and O–H groups in total.